The molecule has 0 spiro atoms. The van der Waals surface area contributed by atoms with Crippen molar-refractivity contribution in [2.24, 2.45) is 0 Å². The summed E-state index contributed by atoms with van der Waals surface area (Å²) in [4.78, 5) is 42.4. The fourth-order valence-corrected chi connectivity index (χ4v) is 2.76. The quantitative estimate of drug-likeness (QED) is 0.304. The Balaban J connectivity index is 2.05. The van der Waals surface area contributed by atoms with Gasteiger partial charge in [-0.2, -0.15) is 0 Å². The second-order valence-electron chi connectivity index (χ2n) is 6.33. The highest BCUT2D eigenvalue weighted by Gasteiger charge is 2.25. The number of hydrogen-bond acceptors (Lipinski definition) is 10. The number of benzene rings is 2. The smallest absolute Gasteiger partial charge is 0.353 e. The maximum atomic E-state index is 14.0. The van der Waals surface area contributed by atoms with E-state index in [0.29, 0.717) is 6.07 Å². The summed E-state index contributed by atoms with van der Waals surface area (Å²) in [5.41, 5.74) is -0.939. The van der Waals surface area contributed by atoms with Gasteiger partial charge in [0.2, 0.25) is 11.6 Å². The van der Waals surface area contributed by atoms with Crippen molar-refractivity contribution in [3.05, 3.63) is 75.6 Å². The van der Waals surface area contributed by atoms with Crippen LogP contribution < -0.4 is 10.6 Å². The van der Waals surface area contributed by atoms with E-state index in [0.717, 1.165) is 32.7 Å². The highest BCUT2D eigenvalue weighted by molar-refractivity contribution is 5.97. The first-order chi connectivity index (χ1) is 15.7. The molecule has 0 aliphatic rings. The summed E-state index contributed by atoms with van der Waals surface area (Å²) in [6.45, 7) is 0. The molecule has 0 aliphatic carbocycles. The number of anilines is 4. The highest BCUT2D eigenvalue weighted by atomic mass is 19.1. The molecule has 0 saturated heterocycles. The molecular weight excluding hydrogens is 444 g/mol. The number of nitrogens with one attached hydrogen (secondary N) is 2. The molecular formula is C20H15F2N5O6. The van der Waals surface area contributed by atoms with Gasteiger partial charge in [-0.15, -0.1) is 0 Å². The second-order valence-corrected chi connectivity index (χ2v) is 6.33. The summed E-state index contributed by atoms with van der Waals surface area (Å²) < 4.78 is 36.5. The summed E-state index contributed by atoms with van der Waals surface area (Å²) in [7, 11) is 2.28. The number of ether oxygens (including phenoxy) is 2. The van der Waals surface area contributed by atoms with Crippen LogP contribution in [0.1, 0.15) is 20.7 Å². The average molecular weight is 459 g/mol. The van der Waals surface area contributed by atoms with Crippen molar-refractivity contribution in [1.29, 1.82) is 0 Å². The fraction of sp³-hybridized carbons (Fsp3) is 0.100. The Kier molecular flexibility index (Phi) is 6.71. The zero-order valence-corrected chi connectivity index (χ0v) is 17.1. The highest BCUT2D eigenvalue weighted by Crippen LogP contribution is 2.34. The van der Waals surface area contributed by atoms with Gasteiger partial charge in [0, 0.05) is 11.8 Å². The molecule has 1 aromatic heterocycles. The summed E-state index contributed by atoms with van der Waals surface area (Å²) in [5.74, 6) is -4.08. The van der Waals surface area contributed by atoms with Crippen LogP contribution in [0.3, 0.4) is 0 Å². The second kappa shape index (κ2) is 9.64. The number of nitro groups is 1. The Hall–Kier alpha value is -4.68. The maximum Gasteiger partial charge on any atom is 0.353 e. The van der Waals surface area contributed by atoms with Gasteiger partial charge in [-0.3, -0.25) is 10.1 Å². The lowest BCUT2D eigenvalue weighted by Crippen LogP contribution is -2.09. The Morgan fingerprint density at radius 1 is 0.939 bits per heavy atom. The van der Waals surface area contributed by atoms with Crippen molar-refractivity contribution in [3.8, 4) is 0 Å². The van der Waals surface area contributed by atoms with Crippen molar-refractivity contribution in [2.45, 2.75) is 0 Å². The number of hydrogen-bond donors (Lipinski definition) is 2. The maximum absolute atomic E-state index is 14.0. The summed E-state index contributed by atoms with van der Waals surface area (Å²) in [6, 6.07) is 6.38. The molecule has 3 rings (SSSR count). The van der Waals surface area contributed by atoms with Crippen LogP contribution in [-0.2, 0) is 9.47 Å². The zero-order chi connectivity index (χ0) is 24.1. The number of halogens is 2. The van der Waals surface area contributed by atoms with Gasteiger partial charge < -0.3 is 20.1 Å². The van der Waals surface area contributed by atoms with Gasteiger partial charge in [0.15, 0.2) is 0 Å². The van der Waals surface area contributed by atoms with Crippen LogP contribution in [0.4, 0.5) is 37.5 Å². The average Bonchev–Trinajstić information content (AvgIpc) is 2.79. The molecule has 11 nitrogen and oxygen atoms in total. The van der Waals surface area contributed by atoms with E-state index in [1.54, 1.807) is 0 Å². The standard InChI is InChI=1S/C20H15F2N5O6/c1-32-19(28)10-5-11(20(29)33-2)7-13(6-10)25-17-16(27(30)31)18(24-9-23-17)26-15-4-3-12(21)8-14(15)22/h3-9H,1-2H3,(H2,23,24,25,26). The Morgan fingerprint density at radius 3 is 2.03 bits per heavy atom. The van der Waals surface area contributed by atoms with E-state index in [1.165, 1.54) is 18.2 Å². The molecule has 13 heteroatoms. The number of rotatable bonds is 7. The minimum absolute atomic E-state index is 0.0358. The SMILES string of the molecule is COC(=O)c1cc(Nc2ncnc(Nc3ccc(F)cc3F)c2[N+](=O)[O-])cc(C(=O)OC)c1. The number of carbonyl (C=O) groups excluding carboxylic acids is 2. The molecule has 2 aromatic carbocycles. The number of carbonyl (C=O) groups is 2. The first-order valence-corrected chi connectivity index (χ1v) is 9.03. The summed E-state index contributed by atoms with van der Waals surface area (Å²) in [5, 5.41) is 16.8. The predicted molar refractivity (Wildman–Crippen MR) is 111 cm³/mol. The van der Waals surface area contributed by atoms with Crippen molar-refractivity contribution in [3.63, 3.8) is 0 Å². The third-order valence-electron chi connectivity index (χ3n) is 4.23. The van der Waals surface area contributed by atoms with Crippen LogP contribution in [0.2, 0.25) is 0 Å². The van der Waals surface area contributed by atoms with Gasteiger partial charge >= 0.3 is 17.6 Å². The minimum Gasteiger partial charge on any atom is -0.465 e. The molecule has 0 atom stereocenters. The number of methoxy groups -OCH3 is 2. The van der Waals surface area contributed by atoms with Crippen LogP contribution >= 0.6 is 0 Å². The van der Waals surface area contributed by atoms with Crippen LogP contribution in [0.5, 0.6) is 0 Å². The largest absolute Gasteiger partial charge is 0.465 e. The summed E-state index contributed by atoms with van der Waals surface area (Å²) in [6.07, 6.45) is 0.963. The molecule has 2 N–H and O–H groups in total. The molecule has 0 aliphatic heterocycles. The van der Waals surface area contributed by atoms with E-state index < -0.39 is 34.2 Å². The van der Waals surface area contributed by atoms with E-state index in [-0.39, 0.29) is 34.1 Å². The van der Waals surface area contributed by atoms with Gasteiger partial charge in [0.25, 0.3) is 0 Å². The third kappa shape index (κ3) is 5.15. The van der Waals surface area contributed by atoms with E-state index >= 15 is 0 Å². The first-order valence-electron chi connectivity index (χ1n) is 9.03. The summed E-state index contributed by atoms with van der Waals surface area (Å²) >= 11 is 0. The fourth-order valence-electron chi connectivity index (χ4n) is 2.76. The molecule has 0 amide bonds. The molecule has 0 fully saturated rings. The minimum atomic E-state index is -0.995. The third-order valence-corrected chi connectivity index (χ3v) is 4.23. The monoisotopic (exact) mass is 459 g/mol. The van der Waals surface area contributed by atoms with Crippen molar-refractivity contribution < 1.29 is 32.8 Å². The van der Waals surface area contributed by atoms with Crippen LogP contribution in [0, 0.1) is 21.7 Å². The Labute approximate surface area is 184 Å². The van der Waals surface area contributed by atoms with Gasteiger partial charge in [-0.1, -0.05) is 0 Å². The molecule has 3 aromatic rings. The van der Waals surface area contributed by atoms with Crippen LogP contribution in [0.15, 0.2) is 42.7 Å². The lowest BCUT2D eigenvalue weighted by molar-refractivity contribution is -0.383. The van der Waals surface area contributed by atoms with E-state index in [9.17, 15) is 28.5 Å². The molecule has 33 heavy (non-hydrogen) atoms. The lowest BCUT2D eigenvalue weighted by Gasteiger charge is -2.12. The van der Waals surface area contributed by atoms with Crippen molar-refractivity contribution >= 4 is 40.6 Å². The van der Waals surface area contributed by atoms with Gasteiger partial charge in [0.05, 0.1) is 36.0 Å². The van der Waals surface area contributed by atoms with Crippen LogP contribution in [-0.4, -0.2) is 41.0 Å². The zero-order valence-electron chi connectivity index (χ0n) is 17.1. The van der Waals surface area contributed by atoms with Gasteiger partial charge in [-0.05, 0) is 30.3 Å². The first kappa shape index (κ1) is 23.0. The van der Waals surface area contributed by atoms with E-state index in [1.807, 2.05) is 0 Å². The molecule has 0 bridgehead atoms. The topological polar surface area (TPSA) is 146 Å². The molecule has 170 valence electrons. The van der Waals surface area contributed by atoms with Gasteiger partial charge in [0.1, 0.15) is 18.0 Å². The lowest BCUT2D eigenvalue weighted by atomic mass is 10.1. The Morgan fingerprint density at radius 2 is 1.52 bits per heavy atom. The van der Waals surface area contributed by atoms with Gasteiger partial charge in [-0.25, -0.2) is 28.3 Å². The predicted octanol–water partition coefficient (Wildman–Crippen LogP) is 3.72. The molecule has 0 radical (unpaired) electrons. The molecule has 1 heterocycles. The molecule has 0 saturated carbocycles. The Bertz CT molecular complexity index is 1220. The number of nitrogens with zero attached hydrogens (tertiary/aromatic N) is 3. The van der Waals surface area contributed by atoms with Crippen molar-refractivity contribution in [2.75, 3.05) is 24.9 Å². The normalized spacial score (nSPS) is 10.3. The van der Waals surface area contributed by atoms with Crippen molar-refractivity contribution in [1.82, 2.24) is 9.97 Å². The number of aromatic nitrogens is 2. The van der Waals surface area contributed by atoms with E-state index in [4.69, 9.17) is 0 Å². The van der Waals surface area contributed by atoms with E-state index in [2.05, 4.69) is 30.1 Å². The van der Waals surface area contributed by atoms with Crippen LogP contribution in [0.25, 0.3) is 0 Å². The molecule has 0 unspecified atom stereocenters. The number of esters is 2.